The lowest BCUT2D eigenvalue weighted by Crippen LogP contribution is -2.11. The van der Waals surface area contributed by atoms with Crippen LogP contribution in [0.2, 0.25) is 0 Å². The van der Waals surface area contributed by atoms with Crippen LogP contribution in [0, 0.1) is 0 Å². The Morgan fingerprint density at radius 3 is 1.15 bits per heavy atom. The second kappa shape index (κ2) is 30.5. The molecule has 0 saturated heterocycles. The van der Waals surface area contributed by atoms with Crippen molar-refractivity contribution in [3.63, 3.8) is 0 Å². The predicted octanol–water partition coefficient (Wildman–Crippen LogP) is 3.57. The molecule has 0 bridgehead atoms. The summed E-state index contributed by atoms with van der Waals surface area (Å²) in [6.07, 6.45) is 12.0. The van der Waals surface area contributed by atoms with E-state index in [9.17, 15) is 0 Å². The van der Waals surface area contributed by atoms with E-state index in [1.165, 1.54) is 57.8 Å². The number of aliphatic hydroxyl groups is 2. The van der Waals surface area contributed by atoms with E-state index in [2.05, 4.69) is 13.8 Å². The fourth-order valence-electron chi connectivity index (χ4n) is 2.21. The van der Waals surface area contributed by atoms with Crippen molar-refractivity contribution in [2.45, 2.75) is 71.6 Å². The first-order valence-electron chi connectivity index (χ1n) is 10.9. The van der Waals surface area contributed by atoms with Crippen molar-refractivity contribution in [3.05, 3.63) is 0 Å². The number of aliphatic hydroxyl groups excluding tert-OH is 2. The molecule has 0 unspecified atom stereocenters. The lowest BCUT2D eigenvalue weighted by molar-refractivity contribution is 0.00230. The molecular weight excluding hydrogens is 348 g/mol. The van der Waals surface area contributed by atoms with E-state index >= 15 is 0 Å². The molecule has 0 heterocycles. The molecule has 166 valence electrons. The van der Waals surface area contributed by atoms with Gasteiger partial charge in [-0.05, 0) is 12.8 Å². The second-order valence-electron chi connectivity index (χ2n) is 6.37. The molecule has 0 aliphatic rings. The Balaban J connectivity index is 0. The quantitative estimate of drug-likeness (QED) is 0.290. The third-order valence-electron chi connectivity index (χ3n) is 3.75. The summed E-state index contributed by atoms with van der Waals surface area (Å²) in [4.78, 5) is 0. The molecule has 0 amide bonds. The number of hydrogen-bond donors (Lipinski definition) is 2. The molecule has 0 saturated carbocycles. The Hall–Kier alpha value is -0.240. The third kappa shape index (κ3) is 33.7. The molecule has 0 aromatic carbocycles. The van der Waals surface area contributed by atoms with Crippen molar-refractivity contribution >= 4 is 0 Å². The Morgan fingerprint density at radius 1 is 0.407 bits per heavy atom. The van der Waals surface area contributed by atoms with Crippen molar-refractivity contribution < 1.29 is 29.2 Å². The Labute approximate surface area is 167 Å². The molecule has 0 aromatic heterocycles. The molecule has 0 rings (SSSR count). The summed E-state index contributed by atoms with van der Waals surface area (Å²) in [5.41, 5.74) is 0. The van der Waals surface area contributed by atoms with E-state index in [4.69, 9.17) is 29.2 Å². The van der Waals surface area contributed by atoms with E-state index in [1.54, 1.807) is 0 Å². The van der Waals surface area contributed by atoms with Crippen LogP contribution in [0.25, 0.3) is 0 Å². The Kier molecular flexibility index (Phi) is 32.7. The fourth-order valence-corrected chi connectivity index (χ4v) is 2.21. The summed E-state index contributed by atoms with van der Waals surface area (Å²) >= 11 is 0. The van der Waals surface area contributed by atoms with Crippen LogP contribution in [-0.2, 0) is 18.9 Å². The zero-order valence-electron chi connectivity index (χ0n) is 18.0. The Bertz CT molecular complexity index is 207. The number of rotatable bonds is 21. The molecule has 0 fully saturated rings. The van der Waals surface area contributed by atoms with Crippen LogP contribution in [0.15, 0.2) is 0 Å². The molecule has 0 aliphatic carbocycles. The van der Waals surface area contributed by atoms with Gasteiger partial charge in [-0.1, -0.05) is 58.8 Å². The average molecular weight is 395 g/mol. The summed E-state index contributed by atoms with van der Waals surface area (Å²) in [7, 11) is 0. The number of unbranched alkanes of at least 4 members (excludes halogenated alkanes) is 7. The van der Waals surface area contributed by atoms with Crippen molar-refractivity contribution in [1.29, 1.82) is 0 Å². The summed E-state index contributed by atoms with van der Waals surface area (Å²) in [5.74, 6) is 0. The highest BCUT2D eigenvalue weighted by Gasteiger charge is 1.91. The van der Waals surface area contributed by atoms with Crippen LogP contribution < -0.4 is 0 Å². The zero-order valence-corrected chi connectivity index (χ0v) is 18.0. The van der Waals surface area contributed by atoms with Crippen molar-refractivity contribution in [1.82, 2.24) is 0 Å². The van der Waals surface area contributed by atoms with Gasteiger partial charge in [-0.15, -0.1) is 0 Å². The van der Waals surface area contributed by atoms with Crippen LogP contribution in [0.3, 0.4) is 0 Å². The van der Waals surface area contributed by atoms with Crippen molar-refractivity contribution in [2.75, 3.05) is 66.1 Å². The van der Waals surface area contributed by atoms with Gasteiger partial charge in [-0.25, -0.2) is 0 Å². The second-order valence-corrected chi connectivity index (χ2v) is 6.37. The summed E-state index contributed by atoms with van der Waals surface area (Å²) in [6, 6.07) is 0. The summed E-state index contributed by atoms with van der Waals surface area (Å²) < 4.78 is 20.6. The van der Waals surface area contributed by atoms with Gasteiger partial charge in [0, 0.05) is 13.2 Å². The molecule has 0 radical (unpaired) electrons. The first-order chi connectivity index (χ1) is 13.3. The maximum absolute atomic E-state index is 8.36. The average Bonchev–Trinajstić information content (AvgIpc) is 2.69. The largest absolute Gasteiger partial charge is 0.394 e. The monoisotopic (exact) mass is 394 g/mol. The minimum absolute atomic E-state index is 0.0413. The third-order valence-corrected chi connectivity index (χ3v) is 3.75. The van der Waals surface area contributed by atoms with Crippen LogP contribution >= 0.6 is 0 Å². The molecule has 2 N–H and O–H groups in total. The van der Waals surface area contributed by atoms with Gasteiger partial charge in [0.1, 0.15) is 0 Å². The number of ether oxygens (including phenoxy) is 4. The van der Waals surface area contributed by atoms with E-state index in [0.29, 0.717) is 39.6 Å². The molecule has 0 spiro atoms. The number of hydrogen-bond acceptors (Lipinski definition) is 6. The normalized spacial score (nSPS) is 10.7. The minimum atomic E-state index is 0.0413. The van der Waals surface area contributed by atoms with E-state index in [-0.39, 0.29) is 13.2 Å². The summed E-state index contributed by atoms with van der Waals surface area (Å²) in [6.45, 7) is 9.22. The lowest BCUT2D eigenvalue weighted by Gasteiger charge is -2.04. The van der Waals surface area contributed by atoms with E-state index < -0.39 is 0 Å². The minimum Gasteiger partial charge on any atom is -0.394 e. The van der Waals surface area contributed by atoms with Gasteiger partial charge < -0.3 is 29.2 Å². The van der Waals surface area contributed by atoms with Crippen LogP contribution in [0.5, 0.6) is 0 Å². The smallest absolute Gasteiger partial charge is 0.0701 e. The molecule has 0 aromatic rings. The highest BCUT2D eigenvalue weighted by molar-refractivity contribution is 4.43. The molecular formula is C21H46O6. The van der Waals surface area contributed by atoms with Gasteiger partial charge in [0.15, 0.2) is 0 Å². The molecule has 0 aliphatic heterocycles. The highest BCUT2D eigenvalue weighted by Crippen LogP contribution is 2.03. The topological polar surface area (TPSA) is 77.4 Å². The van der Waals surface area contributed by atoms with Gasteiger partial charge in [0.25, 0.3) is 0 Å². The SMILES string of the molecule is CCCCCCCOCCCCCC.OCCOCCOCCOCCO. The van der Waals surface area contributed by atoms with Gasteiger partial charge in [0.2, 0.25) is 0 Å². The zero-order chi connectivity index (χ0) is 20.3. The Morgan fingerprint density at radius 2 is 0.741 bits per heavy atom. The van der Waals surface area contributed by atoms with E-state index in [0.717, 1.165) is 13.2 Å². The lowest BCUT2D eigenvalue weighted by atomic mass is 10.2. The fraction of sp³-hybridized carbons (Fsp3) is 1.00. The van der Waals surface area contributed by atoms with Crippen LogP contribution in [-0.4, -0.2) is 76.3 Å². The molecule has 6 heteroatoms. The predicted molar refractivity (Wildman–Crippen MR) is 110 cm³/mol. The van der Waals surface area contributed by atoms with Crippen molar-refractivity contribution in [2.24, 2.45) is 0 Å². The maximum atomic E-state index is 8.36. The first-order valence-corrected chi connectivity index (χ1v) is 10.9. The van der Waals surface area contributed by atoms with Crippen LogP contribution in [0.1, 0.15) is 71.6 Å². The van der Waals surface area contributed by atoms with E-state index in [1.807, 2.05) is 0 Å². The van der Waals surface area contributed by atoms with Gasteiger partial charge in [-0.3, -0.25) is 0 Å². The maximum Gasteiger partial charge on any atom is 0.0701 e. The van der Waals surface area contributed by atoms with Gasteiger partial charge >= 0.3 is 0 Å². The standard InChI is InChI=1S/C13H28O.C8H18O5/c1-3-5-7-9-11-13-14-12-10-8-6-4-2;9-1-3-11-5-7-13-8-6-12-4-2-10/h3-13H2,1-2H3;9-10H,1-8H2. The van der Waals surface area contributed by atoms with Gasteiger partial charge in [0.05, 0.1) is 52.9 Å². The first kappa shape index (κ1) is 29.0. The molecule has 6 nitrogen and oxygen atoms in total. The summed E-state index contributed by atoms with van der Waals surface area (Å²) in [5, 5.41) is 16.7. The van der Waals surface area contributed by atoms with Crippen LogP contribution in [0.4, 0.5) is 0 Å². The molecule has 0 atom stereocenters. The molecule has 27 heavy (non-hydrogen) atoms. The van der Waals surface area contributed by atoms with Crippen molar-refractivity contribution in [3.8, 4) is 0 Å². The van der Waals surface area contributed by atoms with Gasteiger partial charge in [-0.2, -0.15) is 0 Å². The highest BCUT2D eigenvalue weighted by atomic mass is 16.5.